The molecule has 0 fully saturated rings. The summed E-state index contributed by atoms with van der Waals surface area (Å²) >= 11 is 7.77. The summed E-state index contributed by atoms with van der Waals surface area (Å²) in [7, 11) is -3.70. The second-order valence-corrected chi connectivity index (χ2v) is 8.93. The van der Waals surface area contributed by atoms with Gasteiger partial charge in [0.1, 0.15) is 0 Å². The van der Waals surface area contributed by atoms with Crippen molar-refractivity contribution in [2.45, 2.75) is 18.2 Å². The standard InChI is InChI=1S/C13H13Br2N3O3S2/c1-8-7-22-13(17-8)18-12(19)4-5-16-23(20,21)11-6-9(14)2-3-10(11)15/h2-3,6-7,16H,4-5H2,1H3,(H,17,18,19). The number of halogens is 2. The van der Waals surface area contributed by atoms with Gasteiger partial charge in [0.15, 0.2) is 5.13 Å². The molecular formula is C13H13Br2N3O3S2. The van der Waals surface area contributed by atoms with E-state index in [0.29, 0.717) is 14.1 Å². The van der Waals surface area contributed by atoms with Gasteiger partial charge in [0.2, 0.25) is 15.9 Å². The molecule has 0 saturated heterocycles. The number of rotatable bonds is 6. The van der Waals surface area contributed by atoms with Crippen LogP contribution >= 0.6 is 43.2 Å². The van der Waals surface area contributed by atoms with E-state index >= 15 is 0 Å². The predicted octanol–water partition coefficient (Wildman–Crippen LogP) is 3.28. The smallest absolute Gasteiger partial charge is 0.241 e. The predicted molar refractivity (Wildman–Crippen MR) is 97.1 cm³/mol. The Morgan fingerprint density at radius 3 is 2.74 bits per heavy atom. The first-order valence-corrected chi connectivity index (χ1v) is 10.4. The highest BCUT2D eigenvalue weighted by molar-refractivity contribution is 9.11. The monoisotopic (exact) mass is 481 g/mol. The highest BCUT2D eigenvalue weighted by Crippen LogP contribution is 2.25. The average molecular weight is 483 g/mol. The molecule has 0 aliphatic carbocycles. The lowest BCUT2D eigenvalue weighted by atomic mass is 10.4. The summed E-state index contributed by atoms with van der Waals surface area (Å²) in [5.74, 6) is -0.296. The van der Waals surface area contributed by atoms with Crippen LogP contribution in [-0.2, 0) is 14.8 Å². The van der Waals surface area contributed by atoms with E-state index in [1.165, 1.54) is 17.4 Å². The van der Waals surface area contributed by atoms with E-state index in [1.54, 1.807) is 12.1 Å². The van der Waals surface area contributed by atoms with E-state index < -0.39 is 10.0 Å². The molecule has 1 amide bonds. The molecule has 0 atom stereocenters. The van der Waals surface area contributed by atoms with Crippen molar-refractivity contribution in [2.24, 2.45) is 0 Å². The molecule has 1 aromatic heterocycles. The second kappa shape index (κ2) is 7.84. The van der Waals surface area contributed by atoms with Crippen molar-refractivity contribution in [2.75, 3.05) is 11.9 Å². The Hall–Kier alpha value is -0.810. The number of thiazole rings is 1. The number of aryl methyl sites for hydroxylation is 1. The van der Waals surface area contributed by atoms with Gasteiger partial charge in [-0.1, -0.05) is 15.9 Å². The van der Waals surface area contributed by atoms with Gasteiger partial charge in [-0.25, -0.2) is 18.1 Å². The number of anilines is 1. The van der Waals surface area contributed by atoms with Crippen molar-refractivity contribution >= 4 is 64.3 Å². The molecule has 2 N–H and O–H groups in total. The summed E-state index contributed by atoms with van der Waals surface area (Å²) in [5, 5.41) is 4.95. The molecule has 0 spiro atoms. The van der Waals surface area contributed by atoms with Crippen LogP contribution in [0.5, 0.6) is 0 Å². The molecule has 1 aromatic carbocycles. The summed E-state index contributed by atoms with van der Waals surface area (Å²) in [4.78, 5) is 16.0. The Kier molecular flexibility index (Phi) is 6.32. The third-order valence-corrected chi connectivity index (χ3v) is 6.52. The number of sulfonamides is 1. The number of nitrogens with zero attached hydrogens (tertiary/aromatic N) is 1. The van der Waals surface area contributed by atoms with Crippen LogP contribution in [0.1, 0.15) is 12.1 Å². The average Bonchev–Trinajstić information content (AvgIpc) is 2.86. The summed E-state index contributed by atoms with van der Waals surface area (Å²) in [6.45, 7) is 1.83. The van der Waals surface area contributed by atoms with Gasteiger partial charge in [0.25, 0.3) is 0 Å². The van der Waals surface area contributed by atoms with Crippen molar-refractivity contribution in [3.05, 3.63) is 38.2 Å². The van der Waals surface area contributed by atoms with Gasteiger partial charge in [-0.15, -0.1) is 11.3 Å². The van der Waals surface area contributed by atoms with E-state index in [1.807, 2.05) is 12.3 Å². The van der Waals surface area contributed by atoms with E-state index in [9.17, 15) is 13.2 Å². The Bertz CT molecular complexity index is 822. The van der Waals surface area contributed by atoms with E-state index in [2.05, 4.69) is 46.9 Å². The Labute approximate surface area is 155 Å². The Morgan fingerprint density at radius 2 is 2.09 bits per heavy atom. The van der Waals surface area contributed by atoms with Gasteiger partial charge in [0, 0.05) is 27.3 Å². The number of aromatic nitrogens is 1. The first-order chi connectivity index (χ1) is 10.8. The molecule has 0 unspecified atom stereocenters. The number of amides is 1. The number of hydrogen-bond donors (Lipinski definition) is 2. The molecule has 10 heteroatoms. The van der Waals surface area contributed by atoms with Crippen molar-refractivity contribution in [3.63, 3.8) is 0 Å². The van der Waals surface area contributed by atoms with Crippen molar-refractivity contribution in [1.29, 1.82) is 0 Å². The maximum absolute atomic E-state index is 12.2. The summed E-state index contributed by atoms with van der Waals surface area (Å²) in [6.07, 6.45) is 0.0173. The largest absolute Gasteiger partial charge is 0.302 e. The fraction of sp³-hybridized carbons (Fsp3) is 0.231. The summed E-state index contributed by atoms with van der Waals surface area (Å²) < 4.78 is 28.0. The van der Waals surface area contributed by atoms with Crippen LogP contribution in [0.4, 0.5) is 5.13 Å². The van der Waals surface area contributed by atoms with Crippen LogP contribution in [0.15, 0.2) is 37.4 Å². The van der Waals surface area contributed by atoms with Gasteiger partial charge in [-0.3, -0.25) is 4.79 Å². The third-order valence-electron chi connectivity index (χ3n) is 2.69. The normalized spacial score (nSPS) is 11.4. The van der Waals surface area contributed by atoms with Crippen LogP contribution < -0.4 is 10.0 Å². The van der Waals surface area contributed by atoms with Crippen LogP contribution in [0.3, 0.4) is 0 Å². The zero-order valence-corrected chi connectivity index (χ0v) is 16.8. The van der Waals surface area contributed by atoms with Crippen molar-refractivity contribution in [1.82, 2.24) is 9.71 Å². The maximum atomic E-state index is 12.2. The molecule has 124 valence electrons. The van der Waals surface area contributed by atoms with Crippen LogP contribution in [-0.4, -0.2) is 25.9 Å². The fourth-order valence-corrected chi connectivity index (χ4v) is 4.89. The highest BCUT2D eigenvalue weighted by Gasteiger charge is 2.18. The molecule has 2 rings (SSSR count). The van der Waals surface area contributed by atoms with Crippen molar-refractivity contribution in [3.8, 4) is 0 Å². The summed E-state index contributed by atoms with van der Waals surface area (Å²) in [6, 6.07) is 4.85. The number of hydrogen-bond acceptors (Lipinski definition) is 5. The first-order valence-electron chi connectivity index (χ1n) is 6.44. The molecule has 2 aromatic rings. The quantitative estimate of drug-likeness (QED) is 0.661. The topological polar surface area (TPSA) is 88.2 Å². The van der Waals surface area contributed by atoms with Gasteiger partial charge in [-0.05, 0) is 41.1 Å². The maximum Gasteiger partial charge on any atom is 0.241 e. The molecule has 0 radical (unpaired) electrons. The zero-order chi connectivity index (χ0) is 17.0. The Balaban J connectivity index is 1.92. The number of carbonyl (C=O) groups is 1. The zero-order valence-electron chi connectivity index (χ0n) is 12.0. The molecule has 1 heterocycles. The molecular weight excluding hydrogens is 470 g/mol. The molecule has 0 saturated carbocycles. The number of nitrogens with one attached hydrogen (secondary N) is 2. The molecule has 0 aliphatic rings. The third kappa shape index (κ3) is 5.35. The van der Waals surface area contributed by atoms with Crippen LogP contribution in [0, 0.1) is 6.92 Å². The van der Waals surface area contributed by atoms with E-state index in [-0.39, 0.29) is 23.8 Å². The lowest BCUT2D eigenvalue weighted by molar-refractivity contribution is -0.116. The fourth-order valence-electron chi connectivity index (χ4n) is 1.65. The molecule has 6 nitrogen and oxygen atoms in total. The number of benzene rings is 1. The lowest BCUT2D eigenvalue weighted by Crippen LogP contribution is -2.28. The minimum Gasteiger partial charge on any atom is -0.302 e. The first kappa shape index (κ1) is 18.5. The van der Waals surface area contributed by atoms with Gasteiger partial charge < -0.3 is 5.32 Å². The van der Waals surface area contributed by atoms with E-state index in [4.69, 9.17) is 0 Å². The SMILES string of the molecule is Cc1csc(NC(=O)CCNS(=O)(=O)c2cc(Br)ccc2Br)n1. The molecule has 0 aliphatic heterocycles. The second-order valence-electron chi connectivity index (χ2n) is 4.56. The van der Waals surface area contributed by atoms with Gasteiger partial charge in [0.05, 0.1) is 10.6 Å². The van der Waals surface area contributed by atoms with Crippen LogP contribution in [0.2, 0.25) is 0 Å². The highest BCUT2D eigenvalue weighted by atomic mass is 79.9. The Morgan fingerprint density at radius 1 is 1.35 bits per heavy atom. The van der Waals surface area contributed by atoms with Gasteiger partial charge >= 0.3 is 0 Å². The minimum absolute atomic E-state index is 0.00250. The number of carbonyl (C=O) groups excluding carboxylic acids is 1. The van der Waals surface area contributed by atoms with E-state index in [0.717, 1.165) is 5.69 Å². The van der Waals surface area contributed by atoms with Crippen LogP contribution in [0.25, 0.3) is 0 Å². The molecule has 23 heavy (non-hydrogen) atoms. The lowest BCUT2D eigenvalue weighted by Gasteiger charge is -2.09. The molecule has 0 bridgehead atoms. The summed E-state index contributed by atoms with van der Waals surface area (Å²) in [5.41, 5.74) is 0.825. The van der Waals surface area contributed by atoms with Crippen molar-refractivity contribution < 1.29 is 13.2 Å². The van der Waals surface area contributed by atoms with Gasteiger partial charge in [-0.2, -0.15) is 0 Å². The minimum atomic E-state index is -3.70.